The molecular formula is C17H25N3O6. The molecule has 9 nitrogen and oxygen atoms in total. The summed E-state index contributed by atoms with van der Waals surface area (Å²) in [6.07, 6.45) is -0.518. The van der Waals surface area contributed by atoms with Crippen molar-refractivity contribution >= 4 is 18.0 Å². The van der Waals surface area contributed by atoms with Gasteiger partial charge in [0.15, 0.2) is 0 Å². The topological polar surface area (TPSA) is 100.0 Å². The fourth-order valence-corrected chi connectivity index (χ4v) is 2.94. The fourth-order valence-electron chi connectivity index (χ4n) is 2.94. The minimum Gasteiger partial charge on any atom is -0.467 e. The van der Waals surface area contributed by atoms with Crippen LogP contribution in [0.15, 0.2) is 0 Å². The van der Waals surface area contributed by atoms with E-state index in [4.69, 9.17) is 14.2 Å². The maximum atomic E-state index is 12.7. The van der Waals surface area contributed by atoms with Crippen LogP contribution >= 0.6 is 0 Å². The van der Waals surface area contributed by atoms with Crippen molar-refractivity contribution in [2.75, 3.05) is 14.2 Å². The van der Waals surface area contributed by atoms with E-state index in [-0.39, 0.29) is 18.8 Å². The minimum absolute atomic E-state index is 0.0146. The summed E-state index contributed by atoms with van der Waals surface area (Å²) in [4.78, 5) is 42.7. The first-order chi connectivity index (χ1) is 11.9. The van der Waals surface area contributed by atoms with Crippen molar-refractivity contribution < 1.29 is 28.6 Å². The van der Waals surface area contributed by atoms with Gasteiger partial charge in [0.1, 0.15) is 11.1 Å². The average molecular weight is 367 g/mol. The van der Waals surface area contributed by atoms with Crippen LogP contribution in [0.2, 0.25) is 0 Å². The predicted octanol–water partition coefficient (Wildman–Crippen LogP) is 1.43. The lowest BCUT2D eigenvalue weighted by molar-refractivity contribution is -0.155. The number of amides is 1. The Labute approximate surface area is 152 Å². The lowest BCUT2D eigenvalue weighted by atomic mass is 9.89. The molecule has 0 spiro atoms. The molecule has 1 aliphatic rings. The molecule has 0 aromatic carbocycles. The third-order valence-corrected chi connectivity index (χ3v) is 4.32. The second-order valence-electron chi connectivity index (χ2n) is 7.39. The SMILES string of the molecule is COC(=O)c1nc2c(n1C)CC(C)(C(=O)OC)N(C(=O)OC(C)(C)C)C2. The molecule has 144 valence electrons. The van der Waals surface area contributed by atoms with E-state index in [1.54, 1.807) is 39.3 Å². The number of imidazole rings is 1. The van der Waals surface area contributed by atoms with Gasteiger partial charge >= 0.3 is 18.0 Å². The Hall–Kier alpha value is -2.58. The van der Waals surface area contributed by atoms with Gasteiger partial charge in [-0.25, -0.2) is 19.4 Å². The summed E-state index contributed by atoms with van der Waals surface area (Å²) in [7, 11) is 4.19. The van der Waals surface area contributed by atoms with Gasteiger partial charge in [0.2, 0.25) is 5.82 Å². The molecule has 0 aliphatic carbocycles. The monoisotopic (exact) mass is 367 g/mol. The van der Waals surface area contributed by atoms with Crippen molar-refractivity contribution in [3.63, 3.8) is 0 Å². The fraction of sp³-hybridized carbons (Fsp3) is 0.647. The number of methoxy groups -OCH3 is 2. The molecule has 1 unspecified atom stereocenters. The maximum Gasteiger partial charge on any atom is 0.411 e. The van der Waals surface area contributed by atoms with Gasteiger partial charge in [-0.2, -0.15) is 0 Å². The molecule has 26 heavy (non-hydrogen) atoms. The molecular weight excluding hydrogens is 342 g/mol. The number of rotatable bonds is 2. The second kappa shape index (κ2) is 6.62. The van der Waals surface area contributed by atoms with Crippen LogP contribution in [0.5, 0.6) is 0 Å². The molecule has 1 amide bonds. The smallest absolute Gasteiger partial charge is 0.411 e. The third kappa shape index (κ3) is 3.38. The van der Waals surface area contributed by atoms with E-state index in [1.807, 2.05) is 0 Å². The van der Waals surface area contributed by atoms with Gasteiger partial charge in [0.05, 0.1) is 26.5 Å². The van der Waals surface area contributed by atoms with E-state index in [2.05, 4.69) is 4.98 Å². The summed E-state index contributed by atoms with van der Waals surface area (Å²) in [6, 6.07) is 0. The van der Waals surface area contributed by atoms with Gasteiger partial charge in [-0.3, -0.25) is 4.90 Å². The third-order valence-electron chi connectivity index (χ3n) is 4.32. The number of ether oxygens (including phenoxy) is 3. The standard InChI is InChI=1S/C17H25N3O6/c1-16(2,3)26-15(23)20-9-10-11(8-17(20,4)14(22)25-7)19(5)12(18-10)13(21)24-6/h8-9H2,1-7H3. The first-order valence-electron chi connectivity index (χ1n) is 8.16. The summed E-state index contributed by atoms with van der Waals surface area (Å²) < 4.78 is 16.7. The predicted molar refractivity (Wildman–Crippen MR) is 90.4 cm³/mol. The maximum absolute atomic E-state index is 12.7. The highest BCUT2D eigenvalue weighted by Crippen LogP contribution is 2.33. The summed E-state index contributed by atoms with van der Waals surface area (Å²) in [5.74, 6) is -1.06. The van der Waals surface area contributed by atoms with Gasteiger partial charge in [-0.1, -0.05) is 0 Å². The van der Waals surface area contributed by atoms with Crippen LogP contribution in [0.25, 0.3) is 0 Å². The van der Waals surface area contributed by atoms with Gasteiger partial charge in [-0.15, -0.1) is 0 Å². The van der Waals surface area contributed by atoms with E-state index in [0.29, 0.717) is 11.4 Å². The molecule has 2 heterocycles. The van der Waals surface area contributed by atoms with E-state index >= 15 is 0 Å². The quantitative estimate of drug-likeness (QED) is 0.576. The van der Waals surface area contributed by atoms with Crippen molar-refractivity contribution in [1.82, 2.24) is 14.5 Å². The van der Waals surface area contributed by atoms with Crippen LogP contribution in [-0.4, -0.2) is 57.8 Å². The summed E-state index contributed by atoms with van der Waals surface area (Å²) in [5, 5.41) is 0. The molecule has 0 N–H and O–H groups in total. The molecule has 1 aromatic rings. The minimum atomic E-state index is -1.29. The molecule has 2 rings (SSSR count). The van der Waals surface area contributed by atoms with Crippen molar-refractivity contribution in [1.29, 1.82) is 0 Å². The second-order valence-corrected chi connectivity index (χ2v) is 7.39. The van der Waals surface area contributed by atoms with Gasteiger partial charge in [-0.05, 0) is 27.7 Å². The normalized spacial score (nSPS) is 19.6. The van der Waals surface area contributed by atoms with Crippen LogP contribution < -0.4 is 0 Å². The van der Waals surface area contributed by atoms with Crippen LogP contribution in [0.4, 0.5) is 4.79 Å². The number of esters is 2. The Morgan fingerprint density at radius 3 is 2.27 bits per heavy atom. The average Bonchev–Trinajstić information content (AvgIpc) is 2.87. The number of aromatic nitrogens is 2. The highest BCUT2D eigenvalue weighted by molar-refractivity contribution is 5.88. The van der Waals surface area contributed by atoms with E-state index < -0.39 is 29.2 Å². The Morgan fingerprint density at radius 2 is 1.77 bits per heavy atom. The Bertz CT molecular complexity index is 748. The first-order valence-corrected chi connectivity index (χ1v) is 8.16. The van der Waals surface area contributed by atoms with E-state index in [1.165, 1.54) is 19.1 Å². The Kier molecular flexibility index (Phi) is 5.03. The number of nitrogens with zero attached hydrogens (tertiary/aromatic N) is 3. The zero-order valence-electron chi connectivity index (χ0n) is 16.2. The molecule has 0 fully saturated rings. The van der Waals surface area contributed by atoms with Crippen LogP contribution in [0.3, 0.4) is 0 Å². The van der Waals surface area contributed by atoms with Gasteiger partial charge < -0.3 is 18.8 Å². The number of fused-ring (bicyclic) bond motifs is 1. The highest BCUT2D eigenvalue weighted by Gasteiger charge is 2.50. The van der Waals surface area contributed by atoms with Crippen LogP contribution in [0, 0.1) is 0 Å². The van der Waals surface area contributed by atoms with Crippen molar-refractivity contribution in [3.05, 3.63) is 17.2 Å². The molecule has 9 heteroatoms. The molecule has 0 radical (unpaired) electrons. The number of hydrogen-bond donors (Lipinski definition) is 0. The van der Waals surface area contributed by atoms with Gasteiger partial charge in [0.25, 0.3) is 0 Å². The lowest BCUT2D eigenvalue weighted by Gasteiger charge is -2.42. The summed E-state index contributed by atoms with van der Waals surface area (Å²) in [5.41, 5.74) is -0.834. The van der Waals surface area contributed by atoms with Crippen LogP contribution in [-0.2, 0) is 39.0 Å². The molecule has 0 saturated carbocycles. The molecule has 1 aliphatic heterocycles. The molecule has 1 aromatic heterocycles. The number of carbonyl (C=O) groups excluding carboxylic acids is 3. The Balaban J connectivity index is 2.51. The zero-order valence-corrected chi connectivity index (χ0v) is 16.2. The molecule has 0 bridgehead atoms. The van der Waals surface area contributed by atoms with Crippen LogP contribution in [0.1, 0.15) is 49.7 Å². The largest absolute Gasteiger partial charge is 0.467 e. The lowest BCUT2D eigenvalue weighted by Crippen LogP contribution is -2.59. The molecule has 0 saturated heterocycles. The molecule has 1 atom stereocenters. The Morgan fingerprint density at radius 1 is 1.15 bits per heavy atom. The summed E-state index contributed by atoms with van der Waals surface area (Å²) in [6.45, 7) is 6.85. The van der Waals surface area contributed by atoms with Gasteiger partial charge in [0, 0.05) is 19.2 Å². The van der Waals surface area contributed by atoms with Crippen molar-refractivity contribution in [2.45, 2.75) is 51.8 Å². The highest BCUT2D eigenvalue weighted by atomic mass is 16.6. The van der Waals surface area contributed by atoms with Crippen molar-refractivity contribution in [3.8, 4) is 0 Å². The van der Waals surface area contributed by atoms with E-state index in [0.717, 1.165) is 0 Å². The zero-order chi connectivity index (χ0) is 19.9. The number of hydrogen-bond acceptors (Lipinski definition) is 7. The van der Waals surface area contributed by atoms with Crippen molar-refractivity contribution in [2.24, 2.45) is 7.05 Å². The first kappa shape index (κ1) is 19.7. The van der Waals surface area contributed by atoms with E-state index in [9.17, 15) is 14.4 Å². The number of carbonyl (C=O) groups is 3. The summed E-state index contributed by atoms with van der Waals surface area (Å²) >= 11 is 0.